The van der Waals surface area contributed by atoms with Gasteiger partial charge in [0.2, 0.25) is 0 Å². The van der Waals surface area contributed by atoms with Crippen LogP contribution in [0.5, 0.6) is 0 Å². The fourth-order valence-corrected chi connectivity index (χ4v) is 1.92. The van der Waals surface area contributed by atoms with Gasteiger partial charge in [0.25, 0.3) is 0 Å². The minimum atomic E-state index is -0.497. The van der Waals surface area contributed by atoms with Crippen LogP contribution in [-0.4, -0.2) is 22.4 Å². The van der Waals surface area contributed by atoms with Gasteiger partial charge in [0.15, 0.2) is 0 Å². The summed E-state index contributed by atoms with van der Waals surface area (Å²) in [5.41, 5.74) is 0.265. The molecule has 3 atom stereocenters. The maximum atomic E-state index is 9.46. The first-order chi connectivity index (χ1) is 5.41. The fourth-order valence-electron chi connectivity index (χ4n) is 1.92. The molecule has 0 heterocycles. The summed E-state index contributed by atoms with van der Waals surface area (Å²) in [7, 11) is 0. The van der Waals surface area contributed by atoms with Crippen molar-refractivity contribution in [1.29, 1.82) is 0 Å². The number of aliphatic hydroxyl groups is 2. The van der Waals surface area contributed by atoms with Crippen LogP contribution in [0.1, 0.15) is 40.0 Å². The highest BCUT2D eigenvalue weighted by molar-refractivity contribution is 4.85. The molecular formula is C10H20O2. The molecular weight excluding hydrogens is 152 g/mol. The van der Waals surface area contributed by atoms with Crippen LogP contribution in [0, 0.1) is 11.3 Å². The Balaban J connectivity index is 2.51. The molecule has 72 valence electrons. The van der Waals surface area contributed by atoms with Crippen LogP contribution in [0.15, 0.2) is 0 Å². The SMILES string of the molecule is CC(C)(C)[C@@H]1CC[C@H](O)[C@H](O)C1. The van der Waals surface area contributed by atoms with E-state index in [0.29, 0.717) is 5.92 Å². The Morgan fingerprint density at radius 2 is 1.58 bits per heavy atom. The lowest BCUT2D eigenvalue weighted by atomic mass is 9.71. The number of rotatable bonds is 0. The second-order valence-corrected chi connectivity index (χ2v) is 5.01. The number of hydrogen-bond acceptors (Lipinski definition) is 2. The predicted octanol–water partition coefficient (Wildman–Crippen LogP) is 1.55. The Morgan fingerprint density at radius 1 is 1.00 bits per heavy atom. The zero-order chi connectivity index (χ0) is 9.35. The third-order valence-corrected chi connectivity index (χ3v) is 3.01. The van der Waals surface area contributed by atoms with E-state index in [9.17, 15) is 10.2 Å². The molecule has 12 heavy (non-hydrogen) atoms. The molecule has 0 spiro atoms. The normalized spacial score (nSPS) is 38.2. The van der Waals surface area contributed by atoms with Gasteiger partial charge in [-0.2, -0.15) is 0 Å². The van der Waals surface area contributed by atoms with E-state index in [4.69, 9.17) is 0 Å². The molecule has 0 aromatic carbocycles. The Hall–Kier alpha value is -0.0800. The average Bonchev–Trinajstić information content (AvgIpc) is 1.92. The first kappa shape index (κ1) is 10.0. The summed E-state index contributed by atoms with van der Waals surface area (Å²) in [4.78, 5) is 0. The molecule has 0 aromatic heterocycles. The second kappa shape index (κ2) is 3.35. The van der Waals surface area contributed by atoms with Crippen LogP contribution >= 0.6 is 0 Å². The third kappa shape index (κ3) is 2.20. The Bertz CT molecular complexity index is 148. The van der Waals surface area contributed by atoms with Gasteiger partial charge < -0.3 is 10.2 Å². The van der Waals surface area contributed by atoms with Crippen molar-refractivity contribution in [2.75, 3.05) is 0 Å². The highest BCUT2D eigenvalue weighted by atomic mass is 16.3. The van der Waals surface area contributed by atoms with Crippen molar-refractivity contribution in [3.8, 4) is 0 Å². The average molecular weight is 172 g/mol. The number of aliphatic hydroxyl groups excluding tert-OH is 2. The Kier molecular flexibility index (Phi) is 2.79. The molecule has 0 unspecified atom stereocenters. The molecule has 1 rings (SSSR count). The highest BCUT2D eigenvalue weighted by Gasteiger charge is 2.33. The van der Waals surface area contributed by atoms with Crippen molar-refractivity contribution in [1.82, 2.24) is 0 Å². The lowest BCUT2D eigenvalue weighted by Crippen LogP contribution is -2.37. The standard InChI is InChI=1S/C10H20O2/c1-10(2,3)7-4-5-8(11)9(12)6-7/h7-9,11-12H,4-6H2,1-3H3/t7-,8+,9-/m1/s1. The van der Waals surface area contributed by atoms with E-state index >= 15 is 0 Å². The van der Waals surface area contributed by atoms with E-state index in [1.807, 2.05) is 0 Å². The van der Waals surface area contributed by atoms with E-state index in [0.717, 1.165) is 19.3 Å². The van der Waals surface area contributed by atoms with E-state index in [1.165, 1.54) is 0 Å². The minimum Gasteiger partial charge on any atom is -0.390 e. The Labute approximate surface area is 74.6 Å². The van der Waals surface area contributed by atoms with E-state index in [-0.39, 0.29) is 5.41 Å². The minimum absolute atomic E-state index is 0.265. The lowest BCUT2D eigenvalue weighted by Gasteiger charge is -2.38. The van der Waals surface area contributed by atoms with Crippen molar-refractivity contribution in [3.05, 3.63) is 0 Å². The molecule has 2 nitrogen and oxygen atoms in total. The zero-order valence-electron chi connectivity index (χ0n) is 8.25. The first-order valence-corrected chi connectivity index (χ1v) is 4.77. The molecule has 1 aliphatic rings. The molecule has 0 radical (unpaired) electrons. The Morgan fingerprint density at radius 3 is 2.00 bits per heavy atom. The molecule has 1 aliphatic carbocycles. The summed E-state index contributed by atoms with van der Waals surface area (Å²) >= 11 is 0. The van der Waals surface area contributed by atoms with Crippen LogP contribution in [0.4, 0.5) is 0 Å². The number of hydrogen-bond donors (Lipinski definition) is 2. The summed E-state index contributed by atoms with van der Waals surface area (Å²) in [6.45, 7) is 6.59. The quantitative estimate of drug-likeness (QED) is 0.582. The molecule has 1 fully saturated rings. The van der Waals surface area contributed by atoms with Crippen molar-refractivity contribution in [3.63, 3.8) is 0 Å². The van der Waals surface area contributed by atoms with E-state index < -0.39 is 12.2 Å². The highest BCUT2D eigenvalue weighted by Crippen LogP contribution is 2.37. The maximum Gasteiger partial charge on any atom is 0.0801 e. The van der Waals surface area contributed by atoms with Crippen molar-refractivity contribution in [2.24, 2.45) is 11.3 Å². The molecule has 0 amide bonds. The summed E-state index contributed by atoms with van der Waals surface area (Å²) in [5, 5.41) is 18.8. The second-order valence-electron chi connectivity index (χ2n) is 5.01. The molecule has 2 N–H and O–H groups in total. The van der Waals surface area contributed by atoms with Crippen molar-refractivity contribution >= 4 is 0 Å². The molecule has 1 saturated carbocycles. The largest absolute Gasteiger partial charge is 0.390 e. The molecule has 0 saturated heterocycles. The molecule has 0 aromatic rings. The van der Waals surface area contributed by atoms with Gasteiger partial charge in [-0.1, -0.05) is 20.8 Å². The van der Waals surface area contributed by atoms with Gasteiger partial charge in [0, 0.05) is 0 Å². The van der Waals surface area contributed by atoms with Crippen LogP contribution in [0.3, 0.4) is 0 Å². The van der Waals surface area contributed by atoms with E-state index in [1.54, 1.807) is 0 Å². The maximum absolute atomic E-state index is 9.46. The smallest absolute Gasteiger partial charge is 0.0801 e. The van der Waals surface area contributed by atoms with Crippen LogP contribution in [-0.2, 0) is 0 Å². The van der Waals surface area contributed by atoms with Gasteiger partial charge in [0.05, 0.1) is 12.2 Å². The molecule has 0 bridgehead atoms. The van der Waals surface area contributed by atoms with Gasteiger partial charge >= 0.3 is 0 Å². The first-order valence-electron chi connectivity index (χ1n) is 4.77. The molecule has 0 aliphatic heterocycles. The summed E-state index contributed by atoms with van der Waals surface area (Å²) < 4.78 is 0. The third-order valence-electron chi connectivity index (χ3n) is 3.01. The van der Waals surface area contributed by atoms with Gasteiger partial charge in [-0.15, -0.1) is 0 Å². The summed E-state index contributed by atoms with van der Waals surface area (Å²) in [5.74, 6) is 0.552. The fraction of sp³-hybridized carbons (Fsp3) is 1.00. The summed E-state index contributed by atoms with van der Waals surface area (Å²) in [6.07, 6.45) is 1.57. The van der Waals surface area contributed by atoms with Crippen molar-refractivity contribution in [2.45, 2.75) is 52.2 Å². The zero-order valence-corrected chi connectivity index (χ0v) is 8.25. The van der Waals surface area contributed by atoms with Crippen molar-refractivity contribution < 1.29 is 10.2 Å². The van der Waals surface area contributed by atoms with Crippen LogP contribution in [0.25, 0.3) is 0 Å². The van der Waals surface area contributed by atoms with Gasteiger partial charge in [-0.25, -0.2) is 0 Å². The van der Waals surface area contributed by atoms with Gasteiger partial charge in [-0.3, -0.25) is 0 Å². The van der Waals surface area contributed by atoms with Gasteiger partial charge in [-0.05, 0) is 30.6 Å². The van der Waals surface area contributed by atoms with Gasteiger partial charge in [0.1, 0.15) is 0 Å². The predicted molar refractivity (Wildman–Crippen MR) is 48.8 cm³/mol. The monoisotopic (exact) mass is 172 g/mol. The lowest BCUT2D eigenvalue weighted by molar-refractivity contribution is -0.0432. The van der Waals surface area contributed by atoms with Crippen LogP contribution < -0.4 is 0 Å². The van der Waals surface area contributed by atoms with Crippen LogP contribution in [0.2, 0.25) is 0 Å². The molecule has 2 heteroatoms. The summed E-state index contributed by atoms with van der Waals surface area (Å²) in [6, 6.07) is 0. The topological polar surface area (TPSA) is 40.5 Å². The van der Waals surface area contributed by atoms with E-state index in [2.05, 4.69) is 20.8 Å².